The lowest BCUT2D eigenvalue weighted by Crippen LogP contribution is -2.47. The highest BCUT2D eigenvalue weighted by Crippen LogP contribution is 2.47. The first-order valence-corrected chi connectivity index (χ1v) is 12.3. The summed E-state index contributed by atoms with van der Waals surface area (Å²) < 4.78 is 25.5. The topological polar surface area (TPSA) is 110 Å². The van der Waals surface area contributed by atoms with Crippen molar-refractivity contribution in [3.05, 3.63) is 89.5 Å². The summed E-state index contributed by atoms with van der Waals surface area (Å²) in [4.78, 5) is 29.1. The predicted octanol–water partition coefficient (Wildman–Crippen LogP) is 3.10. The number of amides is 2. The first kappa shape index (κ1) is 24.9. The number of aliphatic hydroxyl groups is 1. The van der Waals surface area contributed by atoms with Gasteiger partial charge in [0.1, 0.15) is 23.8 Å². The van der Waals surface area contributed by atoms with Crippen LogP contribution in [-0.2, 0) is 27.3 Å². The van der Waals surface area contributed by atoms with Crippen molar-refractivity contribution < 1.29 is 28.6 Å². The van der Waals surface area contributed by atoms with Crippen LogP contribution in [-0.4, -0.2) is 46.8 Å². The number of nitrogens with one attached hydrogen (secondary N) is 2. The van der Waals surface area contributed by atoms with Crippen molar-refractivity contribution in [2.24, 2.45) is 0 Å². The average Bonchev–Trinajstić information content (AvgIpc) is 3.25. The molecule has 192 valence electrons. The molecule has 8 nitrogen and oxygen atoms in total. The molecule has 2 aliphatic rings. The zero-order valence-electron chi connectivity index (χ0n) is 20.1. The van der Waals surface area contributed by atoms with Crippen molar-refractivity contribution in [1.82, 2.24) is 10.3 Å². The van der Waals surface area contributed by atoms with Crippen molar-refractivity contribution in [1.29, 1.82) is 0 Å². The summed E-state index contributed by atoms with van der Waals surface area (Å²) in [5.41, 5.74) is 3.10. The number of aromatic nitrogens is 1. The molecule has 0 unspecified atom stereocenters. The van der Waals surface area contributed by atoms with Crippen molar-refractivity contribution in [3.63, 3.8) is 0 Å². The van der Waals surface area contributed by atoms with E-state index in [2.05, 4.69) is 15.6 Å². The minimum atomic E-state index is -0.586. The van der Waals surface area contributed by atoms with Crippen LogP contribution in [0.3, 0.4) is 0 Å². The standard InChI is InChI=1S/C28H28FN3O5/c29-19-3-1-2-18(10-19)15-31-26(34)14-21-13-23-22-12-20(32-27(35)11-17-6-8-30-9-7-17)4-5-24(22)37-28(23)25(16-33)36-21/h1-10,12,21,23,25,28,33H,11,13-16H2,(H,31,34)(H,32,35)/t21-,23+,25-,28-/m1/s1. The lowest BCUT2D eigenvalue weighted by atomic mass is 9.84. The second-order valence-corrected chi connectivity index (χ2v) is 9.35. The smallest absolute Gasteiger partial charge is 0.228 e. The maximum atomic E-state index is 13.4. The predicted molar refractivity (Wildman–Crippen MR) is 133 cm³/mol. The van der Waals surface area contributed by atoms with E-state index in [-0.39, 0.29) is 55.6 Å². The van der Waals surface area contributed by atoms with Gasteiger partial charge in [0, 0.05) is 36.1 Å². The second-order valence-electron chi connectivity index (χ2n) is 9.35. The van der Waals surface area contributed by atoms with Crippen LogP contribution < -0.4 is 15.4 Å². The number of rotatable bonds is 8. The molecule has 2 aromatic carbocycles. The van der Waals surface area contributed by atoms with Crippen LogP contribution in [0.15, 0.2) is 67.0 Å². The van der Waals surface area contributed by atoms with Crippen molar-refractivity contribution in [3.8, 4) is 5.75 Å². The van der Waals surface area contributed by atoms with E-state index in [1.165, 1.54) is 12.1 Å². The SMILES string of the molecule is O=C(C[C@H]1C[C@H]2c3cc(NC(=O)Cc4ccncc4)ccc3O[C@H]2[C@@H](CO)O1)NCc1cccc(F)c1. The molecule has 3 heterocycles. The van der Waals surface area contributed by atoms with Crippen molar-refractivity contribution in [2.75, 3.05) is 11.9 Å². The molecule has 5 rings (SSSR count). The fourth-order valence-corrected chi connectivity index (χ4v) is 4.98. The Bertz CT molecular complexity index is 1270. The molecule has 2 amide bonds. The van der Waals surface area contributed by atoms with Crippen molar-refractivity contribution in [2.45, 2.75) is 50.0 Å². The highest BCUT2D eigenvalue weighted by molar-refractivity contribution is 5.92. The highest BCUT2D eigenvalue weighted by atomic mass is 19.1. The molecule has 37 heavy (non-hydrogen) atoms. The van der Waals surface area contributed by atoms with Gasteiger partial charge in [-0.3, -0.25) is 14.6 Å². The Hall–Kier alpha value is -3.82. The summed E-state index contributed by atoms with van der Waals surface area (Å²) in [7, 11) is 0. The van der Waals surface area contributed by atoms with Gasteiger partial charge in [-0.25, -0.2) is 4.39 Å². The number of anilines is 1. The zero-order valence-corrected chi connectivity index (χ0v) is 20.1. The third-order valence-corrected chi connectivity index (χ3v) is 6.69. The van der Waals surface area contributed by atoms with Crippen LogP contribution in [0.1, 0.15) is 35.4 Å². The van der Waals surface area contributed by atoms with Crippen LogP contribution in [0.2, 0.25) is 0 Å². The number of nitrogens with zero attached hydrogens (tertiary/aromatic N) is 1. The third-order valence-electron chi connectivity index (χ3n) is 6.69. The number of pyridine rings is 1. The van der Waals surface area contributed by atoms with E-state index in [0.717, 1.165) is 11.1 Å². The Labute approximate surface area is 213 Å². The Morgan fingerprint density at radius 3 is 2.68 bits per heavy atom. The van der Waals surface area contributed by atoms with Gasteiger partial charge >= 0.3 is 0 Å². The molecule has 1 saturated heterocycles. The number of hydrogen-bond donors (Lipinski definition) is 3. The summed E-state index contributed by atoms with van der Waals surface area (Å²) >= 11 is 0. The van der Waals surface area contributed by atoms with E-state index in [1.54, 1.807) is 42.7 Å². The molecule has 1 aromatic heterocycles. The number of benzene rings is 2. The Kier molecular flexibility index (Phi) is 7.43. The Morgan fingerprint density at radius 1 is 1.05 bits per heavy atom. The largest absolute Gasteiger partial charge is 0.487 e. The summed E-state index contributed by atoms with van der Waals surface area (Å²) in [5, 5.41) is 15.7. The Balaban J connectivity index is 1.23. The van der Waals surface area contributed by atoms with Crippen LogP contribution in [0, 0.1) is 5.82 Å². The lowest BCUT2D eigenvalue weighted by Gasteiger charge is -2.37. The zero-order chi connectivity index (χ0) is 25.8. The minimum Gasteiger partial charge on any atom is -0.487 e. The van der Waals surface area contributed by atoms with E-state index >= 15 is 0 Å². The number of halogens is 1. The van der Waals surface area contributed by atoms with Gasteiger partial charge in [0.25, 0.3) is 0 Å². The molecule has 2 aliphatic heterocycles. The summed E-state index contributed by atoms with van der Waals surface area (Å²) in [6.45, 7) is -0.0284. The van der Waals surface area contributed by atoms with Crippen LogP contribution in [0.25, 0.3) is 0 Å². The normalized spacial score (nSPS) is 21.9. The van der Waals surface area contributed by atoms with Crippen LogP contribution >= 0.6 is 0 Å². The molecule has 3 N–H and O–H groups in total. The summed E-state index contributed by atoms with van der Waals surface area (Å²) in [6.07, 6.45) is 2.77. The van der Waals surface area contributed by atoms with Gasteiger partial charge in [-0.2, -0.15) is 0 Å². The number of carbonyl (C=O) groups excluding carboxylic acids is 2. The molecular weight excluding hydrogens is 477 g/mol. The molecule has 0 aliphatic carbocycles. The fraction of sp³-hybridized carbons (Fsp3) is 0.321. The van der Waals surface area contributed by atoms with Gasteiger partial charge in [0.05, 0.1) is 25.6 Å². The van der Waals surface area contributed by atoms with Gasteiger partial charge in [-0.1, -0.05) is 12.1 Å². The number of ether oxygens (including phenoxy) is 2. The molecule has 0 saturated carbocycles. The van der Waals surface area contributed by atoms with E-state index < -0.39 is 12.2 Å². The highest BCUT2D eigenvalue weighted by Gasteiger charge is 2.46. The molecule has 0 spiro atoms. The van der Waals surface area contributed by atoms with E-state index in [0.29, 0.717) is 23.4 Å². The summed E-state index contributed by atoms with van der Waals surface area (Å²) in [5.74, 6) is -0.137. The van der Waals surface area contributed by atoms with Gasteiger partial charge < -0.3 is 25.2 Å². The number of hydrogen-bond acceptors (Lipinski definition) is 6. The molecule has 0 bridgehead atoms. The minimum absolute atomic E-state index is 0.0982. The monoisotopic (exact) mass is 505 g/mol. The average molecular weight is 506 g/mol. The summed E-state index contributed by atoms with van der Waals surface area (Å²) in [6, 6.07) is 15.2. The molecule has 3 aromatic rings. The van der Waals surface area contributed by atoms with Crippen LogP contribution in [0.5, 0.6) is 5.75 Å². The van der Waals surface area contributed by atoms with Crippen molar-refractivity contribution >= 4 is 17.5 Å². The number of aliphatic hydroxyl groups excluding tert-OH is 1. The first-order valence-electron chi connectivity index (χ1n) is 12.3. The fourth-order valence-electron chi connectivity index (χ4n) is 4.98. The maximum absolute atomic E-state index is 13.4. The van der Waals surface area contributed by atoms with E-state index in [1.807, 2.05) is 12.1 Å². The quantitative estimate of drug-likeness (QED) is 0.434. The third kappa shape index (κ3) is 5.95. The number of carbonyl (C=O) groups is 2. The van der Waals surface area contributed by atoms with Crippen LogP contribution in [0.4, 0.5) is 10.1 Å². The maximum Gasteiger partial charge on any atom is 0.228 e. The molecular formula is C28H28FN3O5. The molecule has 1 fully saturated rings. The van der Waals surface area contributed by atoms with E-state index in [4.69, 9.17) is 9.47 Å². The van der Waals surface area contributed by atoms with Gasteiger partial charge in [-0.15, -0.1) is 0 Å². The van der Waals surface area contributed by atoms with E-state index in [9.17, 15) is 19.1 Å². The van der Waals surface area contributed by atoms with Gasteiger partial charge in [-0.05, 0) is 60.0 Å². The lowest BCUT2D eigenvalue weighted by molar-refractivity contribution is -0.142. The van der Waals surface area contributed by atoms with Gasteiger partial charge in [0.15, 0.2) is 0 Å². The first-order chi connectivity index (χ1) is 18.0. The van der Waals surface area contributed by atoms with Gasteiger partial charge in [0.2, 0.25) is 11.8 Å². The second kappa shape index (κ2) is 11.1. The Morgan fingerprint density at radius 2 is 1.89 bits per heavy atom. The molecule has 4 atom stereocenters. The molecule has 9 heteroatoms. The number of fused-ring (bicyclic) bond motifs is 3. The molecule has 0 radical (unpaired) electrons.